The van der Waals surface area contributed by atoms with Crippen molar-refractivity contribution in [3.63, 3.8) is 0 Å². The van der Waals surface area contributed by atoms with Gasteiger partial charge < -0.3 is 0 Å². The van der Waals surface area contributed by atoms with Gasteiger partial charge in [-0.05, 0) is 6.42 Å². The molecule has 0 saturated heterocycles. The highest BCUT2D eigenvalue weighted by Gasteiger charge is 1.69. The fourth-order valence-electron chi connectivity index (χ4n) is 0.778. The molecule has 0 heterocycles. The fraction of sp³-hybridized carbons (Fsp3) is 0.0909. The number of hydrogen-bond acceptors (Lipinski definition) is 0. The highest BCUT2D eigenvalue weighted by atomic mass is 13.8. The SMILES string of the molecule is C1=C\C=C\C=C/C\C=C\C=C/1. The Morgan fingerprint density at radius 1 is 0.455 bits per heavy atom. The molecule has 0 fully saturated rings. The summed E-state index contributed by atoms with van der Waals surface area (Å²) >= 11 is 0. The number of hydrogen-bond donors (Lipinski definition) is 0. The van der Waals surface area contributed by atoms with E-state index in [-0.39, 0.29) is 0 Å². The van der Waals surface area contributed by atoms with Crippen LogP contribution in [0, 0.1) is 0 Å². The minimum absolute atomic E-state index is 1.01. The second-order valence-corrected chi connectivity index (χ2v) is 2.25. The van der Waals surface area contributed by atoms with Crippen molar-refractivity contribution in [2.75, 3.05) is 0 Å². The van der Waals surface area contributed by atoms with Gasteiger partial charge in [0, 0.05) is 0 Å². The van der Waals surface area contributed by atoms with Gasteiger partial charge in [-0.25, -0.2) is 0 Å². The summed E-state index contributed by atoms with van der Waals surface area (Å²) in [4.78, 5) is 0. The Bertz CT molecular complexity index is 200. The third kappa shape index (κ3) is 4.15. The Morgan fingerprint density at radius 2 is 0.818 bits per heavy atom. The van der Waals surface area contributed by atoms with Crippen LogP contribution in [0.5, 0.6) is 0 Å². The molecule has 0 bridgehead atoms. The number of rotatable bonds is 0. The third-order valence-electron chi connectivity index (χ3n) is 1.32. The van der Waals surface area contributed by atoms with E-state index in [2.05, 4.69) is 24.3 Å². The first-order chi connectivity index (χ1) is 5.50. The van der Waals surface area contributed by atoms with E-state index in [0.717, 1.165) is 6.42 Å². The van der Waals surface area contributed by atoms with Crippen LogP contribution in [-0.2, 0) is 0 Å². The van der Waals surface area contributed by atoms with Crippen LogP contribution < -0.4 is 0 Å². The molecule has 0 aromatic rings. The predicted molar refractivity (Wildman–Crippen MR) is 50.3 cm³/mol. The van der Waals surface area contributed by atoms with Gasteiger partial charge in [0.15, 0.2) is 0 Å². The smallest absolute Gasteiger partial charge is 0.0163 e. The molecule has 0 atom stereocenters. The maximum atomic E-state index is 2.12. The summed E-state index contributed by atoms with van der Waals surface area (Å²) < 4.78 is 0. The lowest BCUT2D eigenvalue weighted by Crippen LogP contribution is -1.55. The van der Waals surface area contributed by atoms with E-state index in [9.17, 15) is 0 Å². The Hall–Kier alpha value is -1.30. The minimum atomic E-state index is 1.01. The van der Waals surface area contributed by atoms with Crippen molar-refractivity contribution < 1.29 is 0 Å². The number of allylic oxidation sites excluding steroid dienone is 10. The van der Waals surface area contributed by atoms with Crippen LogP contribution in [0.3, 0.4) is 0 Å². The molecule has 1 aliphatic rings. The van der Waals surface area contributed by atoms with Gasteiger partial charge in [0.2, 0.25) is 0 Å². The van der Waals surface area contributed by atoms with Gasteiger partial charge in [-0.2, -0.15) is 0 Å². The monoisotopic (exact) mass is 144 g/mol. The van der Waals surface area contributed by atoms with E-state index < -0.39 is 0 Å². The molecule has 1 rings (SSSR count). The molecule has 0 aromatic heterocycles. The summed E-state index contributed by atoms with van der Waals surface area (Å²) in [7, 11) is 0. The van der Waals surface area contributed by atoms with Gasteiger partial charge >= 0.3 is 0 Å². The van der Waals surface area contributed by atoms with E-state index >= 15 is 0 Å². The molecule has 0 heteroatoms. The van der Waals surface area contributed by atoms with E-state index in [1.165, 1.54) is 0 Å². The van der Waals surface area contributed by atoms with Crippen LogP contribution in [0.25, 0.3) is 0 Å². The van der Waals surface area contributed by atoms with Crippen molar-refractivity contribution in [2.45, 2.75) is 6.42 Å². The molecule has 11 heavy (non-hydrogen) atoms. The first kappa shape index (κ1) is 7.80. The van der Waals surface area contributed by atoms with Crippen LogP contribution in [0.1, 0.15) is 6.42 Å². The largest absolute Gasteiger partial charge is 0.0807 e. The van der Waals surface area contributed by atoms with E-state index in [4.69, 9.17) is 0 Å². The van der Waals surface area contributed by atoms with Gasteiger partial charge in [-0.1, -0.05) is 60.8 Å². The van der Waals surface area contributed by atoms with Crippen LogP contribution in [0.2, 0.25) is 0 Å². The summed E-state index contributed by atoms with van der Waals surface area (Å²) in [6.07, 6.45) is 21.5. The van der Waals surface area contributed by atoms with Crippen LogP contribution in [0.4, 0.5) is 0 Å². The first-order valence-electron chi connectivity index (χ1n) is 3.82. The Balaban J connectivity index is 2.61. The highest BCUT2D eigenvalue weighted by Crippen LogP contribution is 1.90. The summed E-state index contributed by atoms with van der Waals surface area (Å²) in [6.45, 7) is 0. The molecular formula is C11H12. The summed E-state index contributed by atoms with van der Waals surface area (Å²) in [6, 6.07) is 0. The Morgan fingerprint density at radius 3 is 1.27 bits per heavy atom. The second kappa shape index (κ2) is 5.48. The van der Waals surface area contributed by atoms with Gasteiger partial charge in [0.1, 0.15) is 0 Å². The first-order valence-corrected chi connectivity index (χ1v) is 3.82. The topological polar surface area (TPSA) is 0 Å². The van der Waals surface area contributed by atoms with Gasteiger partial charge in [0.25, 0.3) is 0 Å². The van der Waals surface area contributed by atoms with E-state index in [1.54, 1.807) is 0 Å². The maximum Gasteiger partial charge on any atom is -0.0163 e. The summed E-state index contributed by atoms with van der Waals surface area (Å²) in [5, 5.41) is 0. The standard InChI is InChI=1S/C11H12/c1-2-4-6-8-10-11-9-7-5-3-1/h1-10H,11H2/b2-1-,5-3-,6-4+,9-7+,10-8-. The zero-order chi connectivity index (χ0) is 7.78. The van der Waals surface area contributed by atoms with Gasteiger partial charge in [-0.3, -0.25) is 0 Å². The lowest BCUT2D eigenvalue weighted by atomic mass is 10.3. The van der Waals surface area contributed by atoms with Crippen molar-refractivity contribution in [3.8, 4) is 0 Å². The lowest BCUT2D eigenvalue weighted by Gasteiger charge is -1.76. The normalized spacial score (nSPS) is 31.3. The molecule has 0 aliphatic heterocycles. The Labute approximate surface area is 67.9 Å². The minimum Gasteiger partial charge on any atom is -0.0807 e. The highest BCUT2D eigenvalue weighted by molar-refractivity contribution is 5.19. The van der Waals surface area contributed by atoms with E-state index in [1.807, 2.05) is 36.5 Å². The molecular weight excluding hydrogens is 132 g/mol. The average molecular weight is 144 g/mol. The van der Waals surface area contributed by atoms with E-state index in [0.29, 0.717) is 0 Å². The fourth-order valence-corrected chi connectivity index (χ4v) is 0.778. The molecule has 1 aliphatic carbocycles. The lowest BCUT2D eigenvalue weighted by molar-refractivity contribution is 1.39. The molecule has 0 nitrogen and oxygen atoms in total. The molecule has 0 N–H and O–H groups in total. The molecule has 0 aromatic carbocycles. The molecule has 56 valence electrons. The summed E-state index contributed by atoms with van der Waals surface area (Å²) in [5.74, 6) is 0. The molecule has 0 spiro atoms. The quantitative estimate of drug-likeness (QED) is 0.490. The average Bonchev–Trinajstić information content (AvgIpc) is 2.08. The van der Waals surface area contributed by atoms with Crippen LogP contribution in [-0.4, -0.2) is 0 Å². The Kier molecular flexibility index (Phi) is 3.89. The zero-order valence-corrected chi connectivity index (χ0v) is 6.48. The molecule has 0 saturated carbocycles. The molecule has 0 unspecified atom stereocenters. The molecule has 0 amide bonds. The van der Waals surface area contributed by atoms with Crippen molar-refractivity contribution >= 4 is 0 Å². The van der Waals surface area contributed by atoms with Crippen LogP contribution >= 0.6 is 0 Å². The zero-order valence-electron chi connectivity index (χ0n) is 6.48. The van der Waals surface area contributed by atoms with Crippen molar-refractivity contribution in [1.82, 2.24) is 0 Å². The summed E-state index contributed by atoms with van der Waals surface area (Å²) in [5.41, 5.74) is 0. The van der Waals surface area contributed by atoms with Gasteiger partial charge in [0.05, 0.1) is 0 Å². The van der Waals surface area contributed by atoms with Gasteiger partial charge in [-0.15, -0.1) is 0 Å². The van der Waals surface area contributed by atoms with Crippen molar-refractivity contribution in [3.05, 3.63) is 60.8 Å². The maximum absolute atomic E-state index is 2.12. The molecule has 0 radical (unpaired) electrons. The van der Waals surface area contributed by atoms with Crippen LogP contribution in [0.15, 0.2) is 60.8 Å². The third-order valence-corrected chi connectivity index (χ3v) is 1.32. The van der Waals surface area contributed by atoms with Crippen molar-refractivity contribution in [2.24, 2.45) is 0 Å². The predicted octanol–water partition coefficient (Wildman–Crippen LogP) is 3.17. The second-order valence-electron chi connectivity index (χ2n) is 2.25. The van der Waals surface area contributed by atoms with Crippen molar-refractivity contribution in [1.29, 1.82) is 0 Å².